The van der Waals surface area contributed by atoms with Crippen molar-refractivity contribution >= 4 is 11.0 Å². The van der Waals surface area contributed by atoms with Crippen molar-refractivity contribution < 1.29 is 4.63 Å². The van der Waals surface area contributed by atoms with Gasteiger partial charge in [0.05, 0.1) is 0 Å². The van der Waals surface area contributed by atoms with Crippen molar-refractivity contribution in [3.63, 3.8) is 0 Å². The van der Waals surface area contributed by atoms with Crippen LogP contribution in [0.15, 0.2) is 10.7 Å². The van der Waals surface area contributed by atoms with Gasteiger partial charge in [-0.25, -0.2) is 4.63 Å². The van der Waals surface area contributed by atoms with Crippen LogP contribution in [0, 0.1) is 20.8 Å². The molecular formula is C11H16N2O. The number of hydrogen-bond acceptors (Lipinski definition) is 3. The summed E-state index contributed by atoms with van der Waals surface area (Å²) >= 11 is 0. The van der Waals surface area contributed by atoms with E-state index in [1.165, 1.54) is 5.56 Å². The van der Waals surface area contributed by atoms with Gasteiger partial charge in [0.15, 0.2) is 0 Å². The summed E-state index contributed by atoms with van der Waals surface area (Å²) in [6, 6.07) is 2.10. The van der Waals surface area contributed by atoms with Gasteiger partial charge in [0.25, 0.3) is 0 Å². The molecule has 3 nitrogen and oxygen atoms in total. The molecule has 2 aromatic rings. The summed E-state index contributed by atoms with van der Waals surface area (Å²) < 4.78 is 4.68. The smallest absolute Gasteiger partial charge is 0.138 e. The van der Waals surface area contributed by atoms with Crippen LogP contribution in [0.2, 0.25) is 0 Å². The molecule has 1 aromatic heterocycles. The largest absolute Gasteiger partial charge is 0.243 e. The van der Waals surface area contributed by atoms with Crippen molar-refractivity contribution in [1.29, 1.82) is 0 Å². The molecule has 0 radical (unpaired) electrons. The monoisotopic (exact) mass is 192 g/mol. The summed E-state index contributed by atoms with van der Waals surface area (Å²) in [5, 5.41) is 7.69. The maximum absolute atomic E-state index is 4.68. The van der Waals surface area contributed by atoms with E-state index in [9.17, 15) is 0 Å². The zero-order valence-corrected chi connectivity index (χ0v) is 9.38. The molecule has 2 rings (SSSR count). The zero-order valence-electron chi connectivity index (χ0n) is 9.38. The lowest BCUT2D eigenvalue weighted by Gasteiger charge is -2.00. The number of aryl methyl sites for hydroxylation is 3. The Labute approximate surface area is 84.1 Å². The van der Waals surface area contributed by atoms with Crippen molar-refractivity contribution in [3.05, 3.63) is 22.8 Å². The minimum absolute atomic E-state index is 0.873. The highest BCUT2D eigenvalue weighted by Gasteiger charge is 2.08. The van der Waals surface area contributed by atoms with Gasteiger partial charge in [-0.05, 0) is 47.8 Å². The summed E-state index contributed by atoms with van der Waals surface area (Å²) in [6.45, 7) is 10.1. The molecule has 0 aliphatic heterocycles. The summed E-state index contributed by atoms with van der Waals surface area (Å²) in [5.74, 6) is 0. The summed E-state index contributed by atoms with van der Waals surface area (Å²) in [7, 11) is 0. The van der Waals surface area contributed by atoms with Gasteiger partial charge < -0.3 is 0 Å². The van der Waals surface area contributed by atoms with Gasteiger partial charge in [-0.2, -0.15) is 0 Å². The van der Waals surface area contributed by atoms with Crippen LogP contribution in [-0.4, -0.2) is 10.3 Å². The third-order valence-corrected chi connectivity index (χ3v) is 2.24. The first kappa shape index (κ1) is 10.7. The molecule has 76 valence electrons. The first-order valence-corrected chi connectivity index (χ1v) is 4.89. The average molecular weight is 192 g/mol. The number of fused-ring (bicyclic) bond motifs is 1. The minimum Gasteiger partial charge on any atom is -0.243 e. The number of nitrogens with zero attached hydrogens (tertiary/aromatic N) is 2. The molecule has 0 saturated heterocycles. The number of hydrogen-bond donors (Lipinski definition) is 0. The predicted octanol–water partition coefficient (Wildman–Crippen LogP) is 3.17. The van der Waals surface area contributed by atoms with Crippen LogP contribution < -0.4 is 0 Å². The van der Waals surface area contributed by atoms with Crippen molar-refractivity contribution in [2.24, 2.45) is 0 Å². The normalized spacial score (nSPS) is 9.79. The van der Waals surface area contributed by atoms with E-state index >= 15 is 0 Å². The molecule has 1 heterocycles. The third kappa shape index (κ3) is 1.62. The number of benzene rings is 1. The van der Waals surface area contributed by atoms with E-state index in [-0.39, 0.29) is 0 Å². The molecule has 0 spiro atoms. The van der Waals surface area contributed by atoms with E-state index in [0.29, 0.717) is 0 Å². The van der Waals surface area contributed by atoms with Crippen LogP contribution in [0.4, 0.5) is 0 Å². The van der Waals surface area contributed by atoms with E-state index in [0.717, 1.165) is 22.2 Å². The molecule has 0 amide bonds. The van der Waals surface area contributed by atoms with Gasteiger partial charge in [-0.15, -0.1) is 0 Å². The fourth-order valence-electron chi connectivity index (χ4n) is 1.38. The van der Waals surface area contributed by atoms with Crippen LogP contribution in [0.3, 0.4) is 0 Å². The Morgan fingerprint density at radius 1 is 0.929 bits per heavy atom. The van der Waals surface area contributed by atoms with Crippen LogP contribution in [0.1, 0.15) is 30.5 Å². The Hall–Kier alpha value is -1.38. The molecule has 1 aromatic carbocycles. The fourth-order valence-corrected chi connectivity index (χ4v) is 1.38. The molecule has 0 atom stereocenters. The predicted molar refractivity (Wildman–Crippen MR) is 57.4 cm³/mol. The molecule has 14 heavy (non-hydrogen) atoms. The number of aromatic nitrogens is 2. The quantitative estimate of drug-likeness (QED) is 0.643. The highest BCUT2D eigenvalue weighted by molar-refractivity contribution is 5.81. The highest BCUT2D eigenvalue weighted by Crippen LogP contribution is 2.21. The molecular weight excluding hydrogens is 176 g/mol. The van der Waals surface area contributed by atoms with Crippen molar-refractivity contribution in [2.45, 2.75) is 34.6 Å². The molecule has 3 heteroatoms. The van der Waals surface area contributed by atoms with Gasteiger partial charge in [0, 0.05) is 0 Å². The standard InChI is InChI=1S/C9H10N2O.C2H6/c1-5-4-6(2)8-9(7(5)3)11-12-10-8;1-2/h4H,1-3H3;1-2H3. The van der Waals surface area contributed by atoms with E-state index in [4.69, 9.17) is 0 Å². The summed E-state index contributed by atoms with van der Waals surface area (Å²) in [6.07, 6.45) is 0. The summed E-state index contributed by atoms with van der Waals surface area (Å²) in [5.41, 5.74) is 5.26. The summed E-state index contributed by atoms with van der Waals surface area (Å²) in [4.78, 5) is 0. The van der Waals surface area contributed by atoms with Gasteiger partial charge in [-0.1, -0.05) is 19.9 Å². The second-order valence-electron chi connectivity index (χ2n) is 3.10. The third-order valence-electron chi connectivity index (χ3n) is 2.24. The lowest BCUT2D eigenvalue weighted by atomic mass is 10.0. The van der Waals surface area contributed by atoms with Gasteiger partial charge in [-0.3, -0.25) is 0 Å². The van der Waals surface area contributed by atoms with Crippen molar-refractivity contribution in [3.8, 4) is 0 Å². The van der Waals surface area contributed by atoms with Crippen LogP contribution in [0.25, 0.3) is 11.0 Å². The Morgan fingerprint density at radius 2 is 1.50 bits per heavy atom. The Bertz CT molecular complexity index is 432. The van der Waals surface area contributed by atoms with Crippen molar-refractivity contribution in [2.75, 3.05) is 0 Å². The maximum atomic E-state index is 4.68. The SMILES string of the molecule is CC.Cc1cc(C)c2nonc2c1C. The molecule has 0 aliphatic carbocycles. The molecule has 0 unspecified atom stereocenters. The van der Waals surface area contributed by atoms with Crippen LogP contribution in [0.5, 0.6) is 0 Å². The lowest BCUT2D eigenvalue weighted by Crippen LogP contribution is -1.86. The lowest BCUT2D eigenvalue weighted by molar-refractivity contribution is 0.315. The first-order valence-electron chi connectivity index (χ1n) is 4.89. The van der Waals surface area contributed by atoms with E-state index in [2.05, 4.69) is 27.9 Å². The fraction of sp³-hybridized carbons (Fsp3) is 0.455. The van der Waals surface area contributed by atoms with E-state index < -0.39 is 0 Å². The molecule has 0 fully saturated rings. The van der Waals surface area contributed by atoms with E-state index in [1.807, 2.05) is 27.7 Å². The topological polar surface area (TPSA) is 38.9 Å². The average Bonchev–Trinajstić information content (AvgIpc) is 2.67. The number of rotatable bonds is 0. The van der Waals surface area contributed by atoms with E-state index in [1.54, 1.807) is 0 Å². The molecule has 0 saturated carbocycles. The Morgan fingerprint density at radius 3 is 2.14 bits per heavy atom. The molecule has 0 aliphatic rings. The maximum Gasteiger partial charge on any atom is 0.138 e. The van der Waals surface area contributed by atoms with Crippen LogP contribution in [-0.2, 0) is 0 Å². The minimum atomic E-state index is 0.873. The Balaban J connectivity index is 0.000000461. The molecule has 0 bridgehead atoms. The first-order chi connectivity index (χ1) is 6.70. The van der Waals surface area contributed by atoms with Gasteiger partial charge >= 0.3 is 0 Å². The van der Waals surface area contributed by atoms with Crippen molar-refractivity contribution in [1.82, 2.24) is 10.3 Å². The second kappa shape index (κ2) is 4.22. The second-order valence-corrected chi connectivity index (χ2v) is 3.10. The van der Waals surface area contributed by atoms with Crippen LogP contribution >= 0.6 is 0 Å². The van der Waals surface area contributed by atoms with Gasteiger partial charge in [0.1, 0.15) is 11.0 Å². The Kier molecular flexibility index (Phi) is 3.23. The molecule has 0 N–H and O–H groups in total. The highest BCUT2D eigenvalue weighted by atomic mass is 16.6. The van der Waals surface area contributed by atoms with Gasteiger partial charge in [0.2, 0.25) is 0 Å². The zero-order chi connectivity index (χ0) is 10.7.